The zero-order valence-corrected chi connectivity index (χ0v) is 60.7. The minimum atomic E-state index is -4.51. The number of aryl methyl sites for hydroxylation is 3. The number of aliphatic hydroxyl groups is 1. The van der Waals surface area contributed by atoms with Crippen LogP contribution in [0, 0.1) is 0 Å². The molecule has 6 heterocycles. The number of aliphatic hydroxyl groups excluding tert-OH is 1. The minimum Gasteiger partial charge on any atom is -0.417 e. The predicted molar refractivity (Wildman–Crippen MR) is 395 cm³/mol. The summed E-state index contributed by atoms with van der Waals surface area (Å²) in [4.78, 5) is 50.1. The lowest BCUT2D eigenvalue weighted by molar-refractivity contribution is -0.138. The van der Waals surface area contributed by atoms with Crippen molar-refractivity contribution in [1.29, 1.82) is 0 Å². The van der Waals surface area contributed by atoms with Gasteiger partial charge in [0.2, 0.25) is 0 Å². The molecule has 11 rings (SSSR count). The molecule has 11 aromatic rings. The molecule has 6 aromatic heterocycles. The zero-order chi connectivity index (χ0) is 74.8. The van der Waals surface area contributed by atoms with Gasteiger partial charge in [-0.05, 0) is 128 Å². The van der Waals surface area contributed by atoms with E-state index in [1.807, 2.05) is 28.9 Å². The first kappa shape index (κ1) is 76.6. The number of urea groups is 2. The number of nitrogen functional groups attached to an aromatic ring is 4. The van der Waals surface area contributed by atoms with E-state index in [2.05, 4.69) is 124 Å². The number of alkyl halides is 6. The van der Waals surface area contributed by atoms with Gasteiger partial charge in [0, 0.05) is 84.6 Å². The third kappa shape index (κ3) is 19.1. The van der Waals surface area contributed by atoms with Crippen LogP contribution in [0.1, 0.15) is 71.9 Å². The van der Waals surface area contributed by atoms with Crippen LogP contribution in [0.3, 0.4) is 0 Å². The van der Waals surface area contributed by atoms with Crippen molar-refractivity contribution in [3.8, 4) is 33.8 Å². The molecule has 0 aliphatic heterocycles. The van der Waals surface area contributed by atoms with E-state index in [1.54, 1.807) is 57.9 Å². The second-order valence-corrected chi connectivity index (χ2v) is 36.8. The highest BCUT2D eigenvalue weighted by Gasteiger charge is 2.38. The molecule has 103 heavy (non-hydrogen) atoms. The molecule has 0 aliphatic rings. The van der Waals surface area contributed by atoms with E-state index in [0.717, 1.165) is 65.0 Å². The number of hydrogen-bond acceptors (Lipinski definition) is 18. The fourth-order valence-corrected chi connectivity index (χ4v) is 12.3. The van der Waals surface area contributed by atoms with Gasteiger partial charge in [-0.2, -0.15) is 41.6 Å². The average molecular weight is 1460 g/mol. The zero-order valence-electron chi connectivity index (χ0n) is 58.7. The maximum Gasteiger partial charge on any atom is 0.416 e. The van der Waals surface area contributed by atoms with Gasteiger partial charge in [0.1, 0.15) is 53.5 Å². The quantitative estimate of drug-likeness (QED) is 0.0148. The molecule has 0 aliphatic carbocycles. The van der Waals surface area contributed by atoms with Crippen molar-refractivity contribution in [3.05, 3.63) is 151 Å². The number of nitrogens with two attached hydrogens (primary N) is 4. The van der Waals surface area contributed by atoms with Gasteiger partial charge in [0.05, 0.1) is 27.3 Å². The Kier molecular flexibility index (Phi) is 23.6. The third-order valence-corrected chi connectivity index (χ3v) is 26.8. The van der Waals surface area contributed by atoms with Crippen molar-refractivity contribution in [1.82, 2.24) is 59.2 Å². The molecule has 0 bridgehead atoms. The maximum absolute atomic E-state index is 13.0. The molecule has 0 atom stereocenters. The van der Waals surface area contributed by atoms with Crippen LogP contribution in [0.25, 0.3) is 66.9 Å². The van der Waals surface area contributed by atoms with E-state index in [9.17, 15) is 35.9 Å². The number of nitrogens with one attached hydrogen (secondary N) is 4. The Morgan fingerprint density at radius 1 is 0.447 bits per heavy atom. The van der Waals surface area contributed by atoms with Gasteiger partial charge in [0.15, 0.2) is 33.6 Å². The van der Waals surface area contributed by atoms with E-state index >= 15 is 0 Å². The summed E-state index contributed by atoms with van der Waals surface area (Å²) in [5.74, 6) is 0.995. The smallest absolute Gasteiger partial charge is 0.416 e. The van der Waals surface area contributed by atoms with Gasteiger partial charge in [-0.25, -0.2) is 53.5 Å². The summed E-state index contributed by atoms with van der Waals surface area (Å²) >= 11 is 0. The highest BCUT2D eigenvalue weighted by molar-refractivity contribution is 6.74. The van der Waals surface area contributed by atoms with Gasteiger partial charge in [0.25, 0.3) is 0 Å². The molecule has 0 unspecified atom stereocenters. The summed E-state index contributed by atoms with van der Waals surface area (Å²) in [6, 6.07) is 28.5. The summed E-state index contributed by atoms with van der Waals surface area (Å²) in [6.45, 7) is 25.4. The van der Waals surface area contributed by atoms with Gasteiger partial charge in [-0.3, -0.25) is 0 Å². The second kappa shape index (κ2) is 31.7. The molecule has 25 nitrogen and oxygen atoms in total. The first-order valence-electron chi connectivity index (χ1n) is 32.9. The molecule has 5 aromatic carbocycles. The molecule has 0 saturated carbocycles. The number of hydrogen-bond donors (Lipinski definition) is 9. The van der Waals surface area contributed by atoms with Crippen LogP contribution in [0.2, 0.25) is 36.3 Å². The Bertz CT molecular complexity index is 4750. The van der Waals surface area contributed by atoms with Gasteiger partial charge < -0.3 is 58.2 Å². The number of halogens is 6. The van der Waals surface area contributed by atoms with Crippen molar-refractivity contribution in [2.24, 2.45) is 0 Å². The van der Waals surface area contributed by atoms with E-state index in [0.29, 0.717) is 107 Å². The van der Waals surface area contributed by atoms with Crippen LogP contribution in [-0.2, 0) is 40.8 Å². The fraction of sp³-hybridized carbons (Fsp3) is 0.329. The fourth-order valence-electron chi connectivity index (χ4n) is 10.1. The Balaban J connectivity index is 0.000000183. The second-order valence-electron chi connectivity index (χ2n) is 27.2. The van der Waals surface area contributed by atoms with Gasteiger partial charge in [-0.1, -0.05) is 90.1 Å². The van der Waals surface area contributed by atoms with Crippen molar-refractivity contribution in [3.63, 3.8) is 0 Å². The molecule has 13 N–H and O–H groups in total. The largest absolute Gasteiger partial charge is 0.417 e. The number of carbonyl (C=O) groups is 2. The lowest BCUT2D eigenvalue weighted by Gasteiger charge is -2.36. The van der Waals surface area contributed by atoms with Crippen LogP contribution in [-0.4, -0.2) is 113 Å². The van der Waals surface area contributed by atoms with Crippen molar-refractivity contribution in [2.75, 3.05) is 64.0 Å². The average Bonchev–Trinajstić information content (AvgIpc) is 1.64. The topological polar surface area (TPSA) is 356 Å². The molecule has 33 heteroatoms. The number of benzene rings is 5. The number of rotatable bonds is 20. The molecule has 0 fully saturated rings. The number of fused-ring (bicyclic) bond motifs is 3. The SMILES string of the molecule is CC(C)(C)[Si](C)(C)OCCCn1nc(-c2ccc(N)cc2)c2c(N)ncnc21.CC(C)(C)[Si](C)(C)OCCCn1nc(-c2ccc(NC(=O)Nc3cccc(C(F)(F)F)c3)cc2)c2c(N)ncnc21.Nc1ncnc2c1c(-c1ccc(NC(=O)Nc3cccc(C(F)(F)F)c3)cc1)nn2CCCO. The number of aromatic nitrogens is 12. The highest BCUT2D eigenvalue weighted by Crippen LogP contribution is 2.40. The van der Waals surface area contributed by atoms with E-state index in [-0.39, 0.29) is 33.9 Å². The Labute approximate surface area is 592 Å². The normalized spacial score (nSPS) is 12.2. The molecular weight excluding hydrogens is 1370 g/mol. The maximum atomic E-state index is 13.0. The number of anilines is 8. The molecular formula is C70H84F6N20O5Si2. The lowest BCUT2D eigenvalue weighted by atomic mass is 10.1. The summed E-state index contributed by atoms with van der Waals surface area (Å²) in [6.07, 6.45) is -2.69. The molecule has 0 spiro atoms. The van der Waals surface area contributed by atoms with Crippen molar-refractivity contribution >= 4 is 108 Å². The minimum absolute atomic E-state index is 0.000181. The van der Waals surface area contributed by atoms with Crippen LogP contribution < -0.4 is 44.2 Å². The van der Waals surface area contributed by atoms with E-state index in [1.165, 1.54) is 43.2 Å². The van der Waals surface area contributed by atoms with E-state index in [4.69, 9.17) is 47.1 Å². The standard InChI is InChI=1S/C28H34F3N7O2Si.C22H20F3N7O2.C20H30N6OSi/c1-27(2,3)41(4,5)40-15-7-14-38-25-22(24(32)33-17-34-25)23(37-38)18-10-12-20(13-11-18)35-26(39)36-21-9-6-8-19(16-21)28(29,30)31;23-22(24,25)14-3-1-4-16(11-14)30-21(34)29-15-7-5-13(6-8-15)18-17-19(26)27-12-28-20(17)32(31-18)9-2-10-33;1-20(2,3)28(4,5)27-12-6-11-26-19-16(18(22)23-13-24-19)17(25-26)14-7-9-15(21)10-8-14/h6,8-13,16-17H,7,14-15H2,1-5H3,(H2,32,33,34)(H2,35,36,39);1,3-8,11-12,33H,2,9-10H2,(H2,26,27,28)(H2,29,30,34);7-10,13H,6,11-12,21H2,1-5H3,(H2,22,23,24). The Hall–Kier alpha value is -10.6. The summed E-state index contributed by atoms with van der Waals surface area (Å²) < 4.78 is 95.4. The first-order valence-corrected chi connectivity index (χ1v) is 38.7. The van der Waals surface area contributed by atoms with Crippen LogP contribution >= 0.6 is 0 Å². The summed E-state index contributed by atoms with van der Waals surface area (Å²) in [5, 5.41) is 35.6. The molecule has 544 valence electrons. The van der Waals surface area contributed by atoms with Crippen LogP contribution in [0.15, 0.2) is 140 Å². The van der Waals surface area contributed by atoms with Gasteiger partial charge in [-0.15, -0.1) is 0 Å². The third-order valence-electron chi connectivity index (χ3n) is 17.7. The highest BCUT2D eigenvalue weighted by atomic mass is 28.4. The Morgan fingerprint density at radius 3 is 1.07 bits per heavy atom. The van der Waals surface area contributed by atoms with Gasteiger partial charge >= 0.3 is 24.4 Å². The number of nitrogens with zero attached hydrogens (tertiary/aromatic N) is 12. The monoisotopic (exact) mass is 1450 g/mol. The number of carbonyl (C=O) groups excluding carboxylic acids is 2. The molecule has 0 saturated heterocycles. The summed E-state index contributed by atoms with van der Waals surface area (Å²) in [5.41, 5.74) is 30.3. The van der Waals surface area contributed by atoms with Crippen LogP contribution in [0.5, 0.6) is 0 Å². The van der Waals surface area contributed by atoms with Crippen molar-refractivity contribution in [2.45, 2.75) is 129 Å². The molecule has 4 amide bonds. The van der Waals surface area contributed by atoms with Crippen molar-refractivity contribution < 1.29 is 49.9 Å². The molecule has 0 radical (unpaired) electrons. The van der Waals surface area contributed by atoms with E-state index < -0.39 is 52.2 Å². The Morgan fingerprint density at radius 2 is 0.757 bits per heavy atom. The lowest BCUT2D eigenvalue weighted by Crippen LogP contribution is -2.41. The predicted octanol–water partition coefficient (Wildman–Crippen LogP) is 15.3. The first-order chi connectivity index (χ1) is 48.5. The number of amides is 4. The summed E-state index contributed by atoms with van der Waals surface area (Å²) in [7, 11) is -3.60. The van der Waals surface area contributed by atoms with Crippen LogP contribution in [0.4, 0.5) is 81.8 Å².